The van der Waals surface area contributed by atoms with E-state index in [1.54, 1.807) is 39.3 Å². The molecule has 0 atom stereocenters. The van der Waals surface area contributed by atoms with Crippen LogP contribution in [-0.4, -0.2) is 43.3 Å². The van der Waals surface area contributed by atoms with Gasteiger partial charge >= 0.3 is 0 Å². The molecule has 0 aliphatic carbocycles. The highest BCUT2D eigenvalue weighted by atomic mass is 16.5. The second kappa shape index (κ2) is 7.38. The van der Waals surface area contributed by atoms with Gasteiger partial charge in [-0.05, 0) is 13.8 Å². The van der Waals surface area contributed by atoms with E-state index in [9.17, 15) is 0 Å². The summed E-state index contributed by atoms with van der Waals surface area (Å²) in [6.45, 7) is 4.15. The molecule has 0 bridgehead atoms. The van der Waals surface area contributed by atoms with Gasteiger partial charge in [-0.15, -0.1) is 0 Å². The Hall–Kier alpha value is -3.68. The Bertz CT molecular complexity index is 1020. The lowest BCUT2D eigenvalue weighted by molar-refractivity contribution is 0.409. The molecule has 0 aliphatic rings. The lowest BCUT2D eigenvalue weighted by Crippen LogP contribution is -2.23. The summed E-state index contributed by atoms with van der Waals surface area (Å²) < 4.78 is 14.7. The predicted octanol–water partition coefficient (Wildman–Crippen LogP) is 3.19. The third kappa shape index (κ3) is 3.56. The molecule has 0 unspecified atom stereocenters. The molecule has 29 heavy (non-hydrogen) atoms. The summed E-state index contributed by atoms with van der Waals surface area (Å²) in [6.07, 6.45) is 10.5. The molecule has 4 aromatic heterocycles. The third-order valence-electron chi connectivity index (χ3n) is 4.86. The molecule has 0 spiro atoms. The molecule has 0 amide bonds. The number of pyridine rings is 2. The normalized spacial score (nSPS) is 11.4. The van der Waals surface area contributed by atoms with Crippen molar-refractivity contribution in [2.45, 2.75) is 19.3 Å². The summed E-state index contributed by atoms with van der Waals surface area (Å²) in [4.78, 5) is 17.9. The number of aromatic nitrogens is 6. The number of imidazole rings is 2. The van der Waals surface area contributed by atoms with Gasteiger partial charge in [0.05, 0.1) is 25.6 Å². The van der Waals surface area contributed by atoms with Crippen molar-refractivity contribution in [3.63, 3.8) is 0 Å². The highest BCUT2D eigenvalue weighted by Gasteiger charge is 2.29. The summed E-state index contributed by atoms with van der Waals surface area (Å²) in [7, 11) is 3.29. The van der Waals surface area contributed by atoms with Gasteiger partial charge in [-0.25, -0.2) is 19.9 Å². The van der Waals surface area contributed by atoms with E-state index in [1.807, 2.05) is 45.8 Å². The summed E-state index contributed by atoms with van der Waals surface area (Å²) in [5.41, 5.74) is 1.11. The first-order valence-electron chi connectivity index (χ1n) is 9.11. The van der Waals surface area contributed by atoms with Gasteiger partial charge in [0.15, 0.2) is 0 Å². The van der Waals surface area contributed by atoms with Crippen LogP contribution in [0.4, 0.5) is 0 Å². The van der Waals surface area contributed by atoms with E-state index in [0.717, 1.165) is 23.0 Å². The summed E-state index contributed by atoms with van der Waals surface area (Å²) in [5, 5.41) is 0. The van der Waals surface area contributed by atoms with E-state index in [2.05, 4.69) is 23.8 Å². The Labute approximate surface area is 168 Å². The number of hydrogen-bond donors (Lipinski definition) is 0. The second-order valence-electron chi connectivity index (χ2n) is 7.07. The molecule has 0 aromatic carbocycles. The monoisotopic (exact) mass is 390 g/mol. The van der Waals surface area contributed by atoms with E-state index in [4.69, 9.17) is 19.4 Å². The Morgan fingerprint density at radius 3 is 1.52 bits per heavy atom. The van der Waals surface area contributed by atoms with Crippen LogP contribution in [-0.2, 0) is 5.41 Å². The molecule has 4 heterocycles. The van der Waals surface area contributed by atoms with Gasteiger partial charge in [0.2, 0.25) is 0 Å². The van der Waals surface area contributed by atoms with Crippen LogP contribution in [0.15, 0.2) is 61.7 Å². The van der Waals surface area contributed by atoms with Crippen LogP contribution in [0.5, 0.6) is 11.5 Å². The average molecular weight is 390 g/mol. The van der Waals surface area contributed by atoms with Crippen LogP contribution >= 0.6 is 0 Å². The smallest absolute Gasteiger partial charge is 0.141 e. The van der Waals surface area contributed by atoms with E-state index in [0.29, 0.717) is 11.5 Å². The molecular formula is C21H22N6O2. The molecule has 0 saturated carbocycles. The van der Waals surface area contributed by atoms with Crippen LogP contribution in [0.1, 0.15) is 25.2 Å². The Balaban J connectivity index is 1.85. The Morgan fingerprint density at radius 2 is 1.17 bits per heavy atom. The van der Waals surface area contributed by atoms with Crippen LogP contribution in [0.25, 0.3) is 11.6 Å². The molecular weight excluding hydrogens is 368 g/mol. The van der Waals surface area contributed by atoms with Crippen molar-refractivity contribution in [1.82, 2.24) is 29.1 Å². The van der Waals surface area contributed by atoms with Crippen LogP contribution in [0, 0.1) is 0 Å². The van der Waals surface area contributed by atoms with Gasteiger partial charge in [-0.3, -0.25) is 9.13 Å². The first-order valence-corrected chi connectivity index (χ1v) is 9.11. The number of ether oxygens (including phenoxy) is 2. The first kappa shape index (κ1) is 18.7. The van der Waals surface area contributed by atoms with Crippen molar-refractivity contribution in [2.75, 3.05) is 14.2 Å². The van der Waals surface area contributed by atoms with Gasteiger partial charge in [-0.1, -0.05) is 0 Å². The fourth-order valence-electron chi connectivity index (χ4n) is 3.04. The van der Waals surface area contributed by atoms with Crippen molar-refractivity contribution in [1.29, 1.82) is 0 Å². The molecule has 0 aliphatic heterocycles. The minimum atomic E-state index is -0.520. The highest BCUT2D eigenvalue weighted by molar-refractivity contribution is 5.44. The fraction of sp³-hybridized carbons (Fsp3) is 0.238. The van der Waals surface area contributed by atoms with Crippen LogP contribution in [0.3, 0.4) is 0 Å². The molecule has 0 radical (unpaired) electrons. The zero-order valence-electron chi connectivity index (χ0n) is 16.8. The topological polar surface area (TPSA) is 79.9 Å². The Morgan fingerprint density at radius 1 is 0.724 bits per heavy atom. The largest absolute Gasteiger partial charge is 0.497 e. The molecule has 8 heteroatoms. The van der Waals surface area contributed by atoms with E-state index < -0.39 is 5.41 Å². The van der Waals surface area contributed by atoms with E-state index in [1.165, 1.54) is 0 Å². The maximum absolute atomic E-state index is 5.52. The van der Waals surface area contributed by atoms with Crippen LogP contribution in [0.2, 0.25) is 0 Å². The minimum absolute atomic E-state index is 0.520. The zero-order valence-corrected chi connectivity index (χ0v) is 16.8. The zero-order chi connectivity index (χ0) is 20.4. The molecule has 0 N–H and O–H groups in total. The Kier molecular flexibility index (Phi) is 4.75. The average Bonchev–Trinajstić information content (AvgIpc) is 3.47. The lowest BCUT2D eigenvalue weighted by Gasteiger charge is -2.26. The van der Waals surface area contributed by atoms with Crippen molar-refractivity contribution in [2.24, 2.45) is 0 Å². The maximum Gasteiger partial charge on any atom is 0.141 e. The van der Waals surface area contributed by atoms with Gasteiger partial charge in [0, 0.05) is 54.5 Å². The van der Waals surface area contributed by atoms with Crippen molar-refractivity contribution < 1.29 is 9.47 Å². The second-order valence-corrected chi connectivity index (χ2v) is 7.07. The molecule has 8 nitrogen and oxygen atoms in total. The van der Waals surface area contributed by atoms with Crippen molar-refractivity contribution in [3.05, 3.63) is 73.1 Å². The quantitative estimate of drug-likeness (QED) is 0.503. The molecule has 148 valence electrons. The number of hydrogen-bond acceptors (Lipinski definition) is 6. The summed E-state index contributed by atoms with van der Waals surface area (Å²) in [5.74, 6) is 2.87. The SMILES string of the molecule is COc1cc(-n2ccnc2)nc(C(C)(C)c2cc(OC)cc(-n3ccnc3)n2)c1. The van der Waals surface area contributed by atoms with Gasteiger partial charge in [0.1, 0.15) is 35.8 Å². The number of methoxy groups -OCH3 is 2. The van der Waals surface area contributed by atoms with Gasteiger partial charge in [0.25, 0.3) is 0 Å². The van der Waals surface area contributed by atoms with E-state index >= 15 is 0 Å². The number of nitrogens with zero attached hydrogens (tertiary/aromatic N) is 6. The van der Waals surface area contributed by atoms with Gasteiger partial charge < -0.3 is 9.47 Å². The lowest BCUT2D eigenvalue weighted by atomic mass is 9.84. The molecule has 4 rings (SSSR count). The van der Waals surface area contributed by atoms with Gasteiger partial charge in [-0.2, -0.15) is 0 Å². The molecule has 4 aromatic rings. The standard InChI is InChI=1S/C21H22N6O2/c1-21(2,17-9-15(28-3)11-19(24-17)26-7-5-22-13-26)18-10-16(29-4)12-20(25-18)27-8-6-23-14-27/h5-14H,1-4H3. The summed E-state index contributed by atoms with van der Waals surface area (Å²) in [6, 6.07) is 7.60. The maximum atomic E-state index is 5.52. The first-order chi connectivity index (χ1) is 14.0. The third-order valence-corrected chi connectivity index (χ3v) is 4.86. The highest BCUT2D eigenvalue weighted by Crippen LogP contribution is 2.34. The fourth-order valence-corrected chi connectivity index (χ4v) is 3.04. The molecule has 0 saturated heterocycles. The summed E-state index contributed by atoms with van der Waals surface area (Å²) >= 11 is 0. The van der Waals surface area contributed by atoms with Crippen LogP contribution < -0.4 is 9.47 Å². The minimum Gasteiger partial charge on any atom is -0.497 e. The van der Waals surface area contributed by atoms with E-state index in [-0.39, 0.29) is 0 Å². The molecule has 0 fully saturated rings. The van der Waals surface area contributed by atoms with Crippen molar-refractivity contribution >= 4 is 0 Å². The predicted molar refractivity (Wildman–Crippen MR) is 108 cm³/mol. The number of rotatable bonds is 6. The van der Waals surface area contributed by atoms with Crippen molar-refractivity contribution in [3.8, 4) is 23.1 Å².